The highest BCUT2D eigenvalue weighted by Crippen LogP contribution is 2.21. The number of nitrogens with two attached hydrogens (primary N) is 1. The Balaban J connectivity index is 1.81. The van der Waals surface area contributed by atoms with Crippen LogP contribution in [0, 0.1) is 12.8 Å². The van der Waals surface area contributed by atoms with Crippen molar-refractivity contribution in [2.24, 2.45) is 5.92 Å². The summed E-state index contributed by atoms with van der Waals surface area (Å²) in [6.07, 6.45) is 2.65. The Morgan fingerprint density at radius 1 is 1.52 bits per heavy atom. The monoisotopic (exact) mass is 291 g/mol. The van der Waals surface area contributed by atoms with Crippen LogP contribution >= 0.6 is 0 Å². The zero-order chi connectivity index (χ0) is 15.2. The number of carbonyl (C=O) groups excluding carboxylic acids is 1. The van der Waals surface area contributed by atoms with Gasteiger partial charge in [-0.25, -0.2) is 0 Å². The molecule has 0 saturated carbocycles. The van der Waals surface area contributed by atoms with Gasteiger partial charge < -0.3 is 21.1 Å². The van der Waals surface area contributed by atoms with Crippen LogP contribution in [0.15, 0.2) is 18.2 Å². The van der Waals surface area contributed by atoms with E-state index in [0.717, 1.165) is 43.7 Å². The van der Waals surface area contributed by atoms with Gasteiger partial charge in [-0.2, -0.15) is 0 Å². The zero-order valence-electron chi connectivity index (χ0n) is 12.6. The van der Waals surface area contributed by atoms with Gasteiger partial charge in [-0.15, -0.1) is 0 Å². The van der Waals surface area contributed by atoms with E-state index in [-0.39, 0.29) is 12.5 Å². The summed E-state index contributed by atoms with van der Waals surface area (Å²) in [4.78, 5) is 14.3. The Kier molecular flexibility index (Phi) is 5.59. The minimum Gasteiger partial charge on any atom is -0.398 e. The normalized spacial score (nSPS) is 19.4. The van der Waals surface area contributed by atoms with E-state index < -0.39 is 0 Å². The second-order valence-corrected chi connectivity index (χ2v) is 5.81. The Hall–Kier alpha value is -1.59. The molecular formula is C16H25N3O2. The van der Waals surface area contributed by atoms with Crippen LogP contribution in [0.3, 0.4) is 0 Å². The SMILES string of the molecule is Cc1c(N)cccc1NC(=O)CCN1CCCC(CO)C1. The molecule has 1 aromatic rings. The van der Waals surface area contributed by atoms with Gasteiger partial charge in [0, 0.05) is 37.5 Å². The molecule has 5 heteroatoms. The molecule has 1 aromatic carbocycles. The number of nitrogens with zero attached hydrogens (tertiary/aromatic N) is 1. The first-order valence-corrected chi connectivity index (χ1v) is 7.58. The van der Waals surface area contributed by atoms with Gasteiger partial charge in [0.1, 0.15) is 0 Å². The van der Waals surface area contributed by atoms with Crippen LogP contribution < -0.4 is 11.1 Å². The van der Waals surface area contributed by atoms with Gasteiger partial charge in [-0.1, -0.05) is 6.07 Å². The third-order valence-electron chi connectivity index (χ3n) is 4.17. The number of aliphatic hydroxyl groups is 1. The molecule has 0 aliphatic carbocycles. The number of benzene rings is 1. The predicted octanol–water partition coefficient (Wildman–Crippen LogP) is 1.61. The fourth-order valence-electron chi connectivity index (χ4n) is 2.76. The number of nitrogens with one attached hydrogen (secondary N) is 1. The minimum absolute atomic E-state index is 0.00909. The zero-order valence-corrected chi connectivity index (χ0v) is 12.6. The molecule has 1 atom stereocenters. The highest BCUT2D eigenvalue weighted by atomic mass is 16.3. The molecule has 1 fully saturated rings. The standard InChI is InChI=1S/C16H25N3O2/c1-12-14(17)5-2-6-15(12)18-16(21)7-9-19-8-3-4-13(10-19)11-20/h2,5-6,13,20H,3-4,7-11,17H2,1H3,(H,18,21). The summed E-state index contributed by atoms with van der Waals surface area (Å²) in [7, 11) is 0. The average Bonchev–Trinajstić information content (AvgIpc) is 2.50. The first kappa shape index (κ1) is 15.8. The summed E-state index contributed by atoms with van der Waals surface area (Å²) in [6.45, 7) is 4.79. The van der Waals surface area contributed by atoms with Crippen LogP contribution in [0.25, 0.3) is 0 Å². The van der Waals surface area contributed by atoms with E-state index in [1.165, 1.54) is 0 Å². The van der Waals surface area contributed by atoms with E-state index >= 15 is 0 Å². The third kappa shape index (κ3) is 4.44. The van der Waals surface area contributed by atoms with E-state index in [2.05, 4.69) is 10.2 Å². The number of piperidine rings is 1. The maximum atomic E-state index is 12.0. The molecule has 5 nitrogen and oxygen atoms in total. The Morgan fingerprint density at radius 3 is 3.10 bits per heavy atom. The van der Waals surface area contributed by atoms with Crippen molar-refractivity contribution >= 4 is 17.3 Å². The fourth-order valence-corrected chi connectivity index (χ4v) is 2.76. The summed E-state index contributed by atoms with van der Waals surface area (Å²) in [5.41, 5.74) is 8.21. The molecule has 1 heterocycles. The molecule has 1 amide bonds. The number of aliphatic hydroxyl groups excluding tert-OH is 1. The molecule has 0 aromatic heterocycles. The summed E-state index contributed by atoms with van der Waals surface area (Å²) < 4.78 is 0. The summed E-state index contributed by atoms with van der Waals surface area (Å²) in [5, 5.41) is 12.1. The maximum Gasteiger partial charge on any atom is 0.225 e. The van der Waals surface area contributed by atoms with E-state index in [4.69, 9.17) is 5.73 Å². The lowest BCUT2D eigenvalue weighted by Gasteiger charge is -2.31. The predicted molar refractivity (Wildman–Crippen MR) is 85.1 cm³/mol. The van der Waals surface area contributed by atoms with Crippen molar-refractivity contribution in [3.8, 4) is 0 Å². The fraction of sp³-hybridized carbons (Fsp3) is 0.562. The smallest absolute Gasteiger partial charge is 0.225 e. The summed E-state index contributed by atoms with van der Waals surface area (Å²) in [5.74, 6) is 0.368. The highest BCUT2D eigenvalue weighted by molar-refractivity contribution is 5.92. The first-order chi connectivity index (χ1) is 10.1. The van der Waals surface area contributed by atoms with Crippen molar-refractivity contribution in [3.05, 3.63) is 23.8 Å². The van der Waals surface area contributed by atoms with E-state index in [9.17, 15) is 9.90 Å². The molecule has 1 aliphatic heterocycles. The van der Waals surface area contributed by atoms with Gasteiger partial charge in [-0.3, -0.25) is 4.79 Å². The molecule has 0 spiro atoms. The maximum absolute atomic E-state index is 12.0. The lowest BCUT2D eigenvalue weighted by Crippen LogP contribution is -2.38. The largest absolute Gasteiger partial charge is 0.398 e. The lowest BCUT2D eigenvalue weighted by molar-refractivity contribution is -0.116. The second-order valence-electron chi connectivity index (χ2n) is 5.81. The number of hydrogen-bond acceptors (Lipinski definition) is 4. The summed E-state index contributed by atoms with van der Waals surface area (Å²) >= 11 is 0. The molecule has 0 radical (unpaired) electrons. The van der Waals surface area contributed by atoms with Gasteiger partial charge >= 0.3 is 0 Å². The lowest BCUT2D eigenvalue weighted by atomic mass is 9.99. The Labute approximate surface area is 126 Å². The molecule has 0 bridgehead atoms. The Morgan fingerprint density at radius 2 is 2.33 bits per heavy atom. The number of hydrogen-bond donors (Lipinski definition) is 3. The molecule has 116 valence electrons. The number of anilines is 2. The molecule has 1 unspecified atom stereocenters. The van der Waals surface area contributed by atoms with E-state index in [1.54, 1.807) is 0 Å². The summed E-state index contributed by atoms with van der Waals surface area (Å²) in [6, 6.07) is 5.54. The van der Waals surface area contributed by atoms with Crippen molar-refractivity contribution in [2.45, 2.75) is 26.2 Å². The van der Waals surface area contributed by atoms with Crippen molar-refractivity contribution in [2.75, 3.05) is 37.3 Å². The van der Waals surface area contributed by atoms with Crippen molar-refractivity contribution in [3.63, 3.8) is 0 Å². The quantitative estimate of drug-likeness (QED) is 0.720. The van der Waals surface area contributed by atoms with Gasteiger partial charge in [-0.05, 0) is 49.9 Å². The van der Waals surface area contributed by atoms with Crippen LogP contribution in [0.4, 0.5) is 11.4 Å². The second kappa shape index (κ2) is 7.43. The first-order valence-electron chi connectivity index (χ1n) is 7.58. The average molecular weight is 291 g/mol. The van der Waals surface area contributed by atoms with Crippen LogP contribution in [0.1, 0.15) is 24.8 Å². The van der Waals surface area contributed by atoms with Gasteiger partial charge in [0.05, 0.1) is 0 Å². The number of rotatable bonds is 5. The Bertz CT molecular complexity index is 490. The number of amides is 1. The third-order valence-corrected chi connectivity index (χ3v) is 4.17. The van der Waals surface area contributed by atoms with Gasteiger partial charge in [0.25, 0.3) is 0 Å². The number of carbonyl (C=O) groups is 1. The van der Waals surface area contributed by atoms with Crippen LogP contribution in [-0.2, 0) is 4.79 Å². The van der Waals surface area contributed by atoms with E-state index in [0.29, 0.717) is 18.0 Å². The molecule has 2 rings (SSSR count). The molecule has 1 saturated heterocycles. The highest BCUT2D eigenvalue weighted by Gasteiger charge is 2.19. The topological polar surface area (TPSA) is 78.6 Å². The minimum atomic E-state index is 0.00909. The van der Waals surface area contributed by atoms with Crippen LogP contribution in [-0.4, -0.2) is 42.2 Å². The number of nitrogen functional groups attached to an aromatic ring is 1. The van der Waals surface area contributed by atoms with Crippen LogP contribution in [0.2, 0.25) is 0 Å². The molecule has 1 aliphatic rings. The molecule has 4 N–H and O–H groups in total. The van der Waals surface area contributed by atoms with Gasteiger partial charge in [0.2, 0.25) is 5.91 Å². The van der Waals surface area contributed by atoms with Gasteiger partial charge in [0.15, 0.2) is 0 Å². The van der Waals surface area contributed by atoms with Crippen molar-refractivity contribution < 1.29 is 9.90 Å². The van der Waals surface area contributed by atoms with E-state index in [1.807, 2.05) is 25.1 Å². The van der Waals surface area contributed by atoms with Crippen LogP contribution in [0.5, 0.6) is 0 Å². The molecule has 21 heavy (non-hydrogen) atoms. The van der Waals surface area contributed by atoms with Crippen molar-refractivity contribution in [1.29, 1.82) is 0 Å². The molecular weight excluding hydrogens is 266 g/mol. The number of likely N-dealkylation sites (tertiary alicyclic amines) is 1. The van der Waals surface area contributed by atoms with Crippen molar-refractivity contribution in [1.82, 2.24) is 4.90 Å².